The number of amides is 1. The smallest absolute Gasteiger partial charge is 0.231 e. The fraction of sp³-hybridized carbons (Fsp3) is 0.211. The highest BCUT2D eigenvalue weighted by atomic mass is 19.1. The molecule has 1 aromatic heterocycles. The van der Waals surface area contributed by atoms with Crippen LogP contribution in [0.4, 0.5) is 10.1 Å². The number of hydrogen-bond donors (Lipinski definition) is 1. The molecule has 0 radical (unpaired) electrons. The largest absolute Gasteiger partial charge is 0.361 e. The molecule has 4 heteroatoms. The molecule has 4 rings (SSSR count). The van der Waals surface area contributed by atoms with Gasteiger partial charge in [0, 0.05) is 29.3 Å². The standard InChI is InChI=1S/C19H17FN2O/c20-15-7-8-17-16(11-15)14(12-21-17)10-19(23)22-9-3-5-13-4-1-2-6-18(13)22/h1-2,4,6-8,11-12,21H,3,5,9-10H2. The van der Waals surface area contributed by atoms with Crippen LogP contribution in [0.1, 0.15) is 17.5 Å². The van der Waals surface area contributed by atoms with Gasteiger partial charge in [0.2, 0.25) is 5.91 Å². The maximum atomic E-state index is 13.5. The van der Waals surface area contributed by atoms with E-state index in [2.05, 4.69) is 11.1 Å². The van der Waals surface area contributed by atoms with Crippen LogP contribution in [-0.2, 0) is 17.6 Å². The van der Waals surface area contributed by atoms with Crippen molar-refractivity contribution in [1.29, 1.82) is 0 Å². The molecule has 0 saturated heterocycles. The Morgan fingerprint density at radius 1 is 1.22 bits per heavy atom. The fourth-order valence-electron chi connectivity index (χ4n) is 3.35. The van der Waals surface area contributed by atoms with E-state index in [1.54, 1.807) is 12.3 Å². The first-order valence-electron chi connectivity index (χ1n) is 7.86. The number of carbonyl (C=O) groups excluding carboxylic acids is 1. The normalized spacial score (nSPS) is 14.0. The van der Waals surface area contributed by atoms with E-state index in [0.717, 1.165) is 41.5 Å². The van der Waals surface area contributed by atoms with E-state index in [4.69, 9.17) is 0 Å². The number of aryl methyl sites for hydroxylation is 1. The van der Waals surface area contributed by atoms with Crippen molar-refractivity contribution in [2.75, 3.05) is 11.4 Å². The molecule has 0 saturated carbocycles. The van der Waals surface area contributed by atoms with Gasteiger partial charge in [-0.1, -0.05) is 18.2 Å². The van der Waals surface area contributed by atoms with Gasteiger partial charge in [0.05, 0.1) is 6.42 Å². The van der Waals surface area contributed by atoms with Gasteiger partial charge in [0.15, 0.2) is 0 Å². The van der Waals surface area contributed by atoms with Crippen LogP contribution in [-0.4, -0.2) is 17.4 Å². The number of nitrogens with zero attached hydrogens (tertiary/aromatic N) is 1. The lowest BCUT2D eigenvalue weighted by Crippen LogP contribution is -2.36. The van der Waals surface area contributed by atoms with Crippen LogP contribution in [0.2, 0.25) is 0 Å². The molecule has 0 bridgehead atoms. The summed E-state index contributed by atoms with van der Waals surface area (Å²) in [7, 11) is 0. The van der Waals surface area contributed by atoms with E-state index in [-0.39, 0.29) is 18.1 Å². The second-order valence-electron chi connectivity index (χ2n) is 5.96. The van der Waals surface area contributed by atoms with Crippen molar-refractivity contribution in [2.24, 2.45) is 0 Å². The third-order valence-electron chi connectivity index (χ3n) is 4.48. The van der Waals surface area contributed by atoms with Crippen molar-refractivity contribution in [3.63, 3.8) is 0 Å². The van der Waals surface area contributed by atoms with Crippen LogP contribution in [0.15, 0.2) is 48.7 Å². The van der Waals surface area contributed by atoms with Gasteiger partial charge in [-0.05, 0) is 48.2 Å². The number of aromatic nitrogens is 1. The second kappa shape index (κ2) is 5.54. The number of fused-ring (bicyclic) bond motifs is 2. The zero-order valence-corrected chi connectivity index (χ0v) is 12.7. The second-order valence-corrected chi connectivity index (χ2v) is 5.96. The number of para-hydroxylation sites is 1. The summed E-state index contributed by atoms with van der Waals surface area (Å²) in [5, 5.41) is 0.781. The van der Waals surface area contributed by atoms with Crippen molar-refractivity contribution < 1.29 is 9.18 Å². The van der Waals surface area contributed by atoms with E-state index in [0.29, 0.717) is 0 Å². The highest BCUT2D eigenvalue weighted by molar-refractivity contribution is 5.98. The maximum Gasteiger partial charge on any atom is 0.231 e. The van der Waals surface area contributed by atoms with Gasteiger partial charge in [-0.15, -0.1) is 0 Å². The van der Waals surface area contributed by atoms with Gasteiger partial charge >= 0.3 is 0 Å². The number of hydrogen-bond acceptors (Lipinski definition) is 1. The number of nitrogens with one attached hydrogen (secondary N) is 1. The number of aromatic amines is 1. The summed E-state index contributed by atoms with van der Waals surface area (Å²) in [5.74, 6) is -0.226. The lowest BCUT2D eigenvalue weighted by molar-refractivity contribution is -0.118. The Morgan fingerprint density at radius 2 is 2.09 bits per heavy atom. The maximum absolute atomic E-state index is 13.5. The predicted molar refractivity (Wildman–Crippen MR) is 89.1 cm³/mol. The van der Waals surface area contributed by atoms with Crippen molar-refractivity contribution in [2.45, 2.75) is 19.3 Å². The SMILES string of the molecule is O=C(Cc1c[nH]c2ccc(F)cc12)N1CCCc2ccccc21. The van der Waals surface area contributed by atoms with Crippen LogP contribution in [0, 0.1) is 5.82 Å². The summed E-state index contributed by atoms with van der Waals surface area (Å²) in [6, 6.07) is 12.7. The van der Waals surface area contributed by atoms with Gasteiger partial charge in [-0.3, -0.25) is 4.79 Å². The van der Waals surface area contributed by atoms with Crippen molar-refractivity contribution in [3.8, 4) is 0 Å². The lowest BCUT2D eigenvalue weighted by Gasteiger charge is -2.29. The molecule has 2 heterocycles. The average Bonchev–Trinajstić information content (AvgIpc) is 2.96. The zero-order chi connectivity index (χ0) is 15.8. The van der Waals surface area contributed by atoms with Crippen molar-refractivity contribution in [3.05, 3.63) is 65.6 Å². The van der Waals surface area contributed by atoms with E-state index in [1.165, 1.54) is 17.7 Å². The number of halogens is 1. The van der Waals surface area contributed by atoms with Gasteiger partial charge in [-0.2, -0.15) is 0 Å². The first kappa shape index (κ1) is 14.0. The summed E-state index contributed by atoms with van der Waals surface area (Å²) in [6.07, 6.45) is 4.07. The summed E-state index contributed by atoms with van der Waals surface area (Å²) in [5.41, 5.74) is 3.92. The monoisotopic (exact) mass is 308 g/mol. The molecular weight excluding hydrogens is 291 g/mol. The van der Waals surface area contributed by atoms with Crippen LogP contribution < -0.4 is 4.90 Å². The molecule has 1 aliphatic heterocycles. The van der Waals surface area contributed by atoms with Gasteiger partial charge in [-0.25, -0.2) is 4.39 Å². The van der Waals surface area contributed by atoms with Crippen LogP contribution in [0.3, 0.4) is 0 Å². The zero-order valence-electron chi connectivity index (χ0n) is 12.7. The topological polar surface area (TPSA) is 36.1 Å². The van der Waals surface area contributed by atoms with Crippen LogP contribution in [0.25, 0.3) is 10.9 Å². The Kier molecular flexibility index (Phi) is 3.37. The number of benzene rings is 2. The molecule has 0 spiro atoms. The first-order valence-corrected chi connectivity index (χ1v) is 7.86. The lowest BCUT2D eigenvalue weighted by atomic mass is 10.0. The molecule has 0 atom stereocenters. The number of carbonyl (C=O) groups is 1. The third-order valence-corrected chi connectivity index (χ3v) is 4.48. The van der Waals surface area contributed by atoms with E-state index < -0.39 is 0 Å². The van der Waals surface area contributed by atoms with E-state index in [9.17, 15) is 9.18 Å². The quantitative estimate of drug-likeness (QED) is 0.767. The van der Waals surface area contributed by atoms with Gasteiger partial charge in [0.25, 0.3) is 0 Å². The summed E-state index contributed by atoms with van der Waals surface area (Å²) in [6.45, 7) is 0.743. The van der Waals surface area contributed by atoms with Crippen LogP contribution in [0.5, 0.6) is 0 Å². The minimum atomic E-state index is -0.283. The van der Waals surface area contributed by atoms with E-state index >= 15 is 0 Å². The molecule has 0 unspecified atom stereocenters. The Bertz CT molecular complexity index is 884. The van der Waals surface area contributed by atoms with Crippen molar-refractivity contribution in [1.82, 2.24) is 4.98 Å². The minimum absolute atomic E-state index is 0.0577. The molecule has 23 heavy (non-hydrogen) atoms. The molecular formula is C19H17FN2O. The van der Waals surface area contributed by atoms with E-state index in [1.807, 2.05) is 23.1 Å². The minimum Gasteiger partial charge on any atom is -0.361 e. The third kappa shape index (κ3) is 2.50. The molecule has 116 valence electrons. The fourth-order valence-corrected chi connectivity index (χ4v) is 3.35. The summed E-state index contributed by atoms with van der Waals surface area (Å²) < 4.78 is 13.5. The highest BCUT2D eigenvalue weighted by Gasteiger charge is 2.22. The molecule has 2 aromatic carbocycles. The molecule has 3 nitrogen and oxygen atoms in total. The highest BCUT2D eigenvalue weighted by Crippen LogP contribution is 2.28. The van der Waals surface area contributed by atoms with Crippen molar-refractivity contribution >= 4 is 22.5 Å². The summed E-state index contributed by atoms with van der Waals surface area (Å²) >= 11 is 0. The molecule has 1 amide bonds. The predicted octanol–water partition coefficient (Wildman–Crippen LogP) is 3.83. The molecule has 1 N–H and O–H groups in total. The molecule has 0 aliphatic carbocycles. The Labute approximate surface area is 133 Å². The molecule has 1 aliphatic rings. The molecule has 0 fully saturated rings. The Balaban J connectivity index is 1.64. The number of anilines is 1. The Morgan fingerprint density at radius 3 is 3.00 bits per heavy atom. The Hall–Kier alpha value is -2.62. The number of rotatable bonds is 2. The van der Waals surface area contributed by atoms with Crippen LogP contribution >= 0.6 is 0 Å². The molecule has 3 aromatic rings. The van der Waals surface area contributed by atoms with Gasteiger partial charge < -0.3 is 9.88 Å². The number of H-pyrrole nitrogens is 1. The summed E-state index contributed by atoms with van der Waals surface area (Å²) in [4.78, 5) is 17.7. The average molecular weight is 308 g/mol. The van der Waals surface area contributed by atoms with Gasteiger partial charge in [0.1, 0.15) is 5.82 Å². The first-order chi connectivity index (χ1) is 11.2.